The van der Waals surface area contributed by atoms with Crippen molar-refractivity contribution in [2.24, 2.45) is 0 Å². The summed E-state index contributed by atoms with van der Waals surface area (Å²) in [5.41, 5.74) is 2.30. The van der Waals surface area contributed by atoms with Crippen LogP contribution in [0.1, 0.15) is 99.8 Å². The molecule has 0 aromatic heterocycles. The van der Waals surface area contributed by atoms with Crippen molar-refractivity contribution in [2.75, 3.05) is 36.8 Å². The number of nitrogens with zero attached hydrogens (tertiary/aromatic N) is 2. The molecule has 2 aromatic carbocycles. The van der Waals surface area contributed by atoms with Gasteiger partial charge in [-0.3, -0.25) is 19.2 Å². The smallest absolute Gasteiger partial charge is 0.253 e. The van der Waals surface area contributed by atoms with E-state index in [1.807, 2.05) is 37.5 Å². The Labute approximate surface area is 239 Å². The third kappa shape index (κ3) is 10.8. The van der Waals surface area contributed by atoms with Crippen molar-refractivity contribution in [1.29, 1.82) is 0 Å². The largest absolute Gasteiger partial charge is 0.339 e. The predicted octanol–water partition coefficient (Wildman–Crippen LogP) is 6.35. The summed E-state index contributed by atoms with van der Waals surface area (Å²) in [5, 5.41) is 5.73. The van der Waals surface area contributed by atoms with Gasteiger partial charge in [0.05, 0.1) is 0 Å². The molecule has 0 atom stereocenters. The highest BCUT2D eigenvalue weighted by atomic mass is 16.2. The van der Waals surface area contributed by atoms with Crippen molar-refractivity contribution in [2.45, 2.75) is 79.1 Å². The van der Waals surface area contributed by atoms with Crippen LogP contribution in [0.25, 0.3) is 0 Å². The van der Waals surface area contributed by atoms with Gasteiger partial charge >= 0.3 is 0 Å². The van der Waals surface area contributed by atoms with Gasteiger partial charge in [-0.1, -0.05) is 39.8 Å². The Morgan fingerprint density at radius 2 is 0.925 bits per heavy atom. The summed E-state index contributed by atoms with van der Waals surface area (Å²) in [6.45, 7) is 11.0. The summed E-state index contributed by atoms with van der Waals surface area (Å²) >= 11 is 0. The van der Waals surface area contributed by atoms with Gasteiger partial charge in [-0.25, -0.2) is 0 Å². The molecule has 0 aliphatic carbocycles. The molecule has 2 aromatic rings. The van der Waals surface area contributed by atoms with Gasteiger partial charge in [0.25, 0.3) is 11.8 Å². The molecule has 0 fully saturated rings. The van der Waals surface area contributed by atoms with Crippen LogP contribution in [-0.2, 0) is 9.59 Å². The van der Waals surface area contributed by atoms with Crippen molar-refractivity contribution in [3.05, 3.63) is 59.7 Å². The van der Waals surface area contributed by atoms with Crippen molar-refractivity contribution in [3.63, 3.8) is 0 Å². The predicted molar refractivity (Wildman–Crippen MR) is 162 cm³/mol. The van der Waals surface area contributed by atoms with Crippen molar-refractivity contribution < 1.29 is 19.2 Å². The minimum absolute atomic E-state index is 0.0278. The summed E-state index contributed by atoms with van der Waals surface area (Å²) in [4.78, 5) is 54.4. The van der Waals surface area contributed by atoms with Crippen LogP contribution in [0.4, 0.5) is 11.4 Å². The van der Waals surface area contributed by atoms with Gasteiger partial charge in [0.2, 0.25) is 11.8 Å². The summed E-state index contributed by atoms with van der Waals surface area (Å²) in [7, 11) is 0. The quantitative estimate of drug-likeness (QED) is 0.224. The molecule has 2 N–H and O–H groups in total. The van der Waals surface area contributed by atoms with Crippen LogP contribution in [0, 0.1) is 0 Å². The Kier molecular flexibility index (Phi) is 14.5. The average Bonchev–Trinajstić information content (AvgIpc) is 2.94. The van der Waals surface area contributed by atoms with E-state index in [0.717, 1.165) is 25.7 Å². The van der Waals surface area contributed by atoms with Crippen LogP contribution in [0.5, 0.6) is 0 Å². The number of nitrogens with one attached hydrogen (secondary N) is 2. The zero-order chi connectivity index (χ0) is 29.3. The molecule has 8 heteroatoms. The van der Waals surface area contributed by atoms with Crippen molar-refractivity contribution >= 4 is 35.0 Å². The second-order valence-electron chi connectivity index (χ2n) is 10.0. The van der Waals surface area contributed by atoms with Crippen LogP contribution in [-0.4, -0.2) is 59.6 Å². The first-order valence-corrected chi connectivity index (χ1v) is 14.7. The molecular weight excluding hydrogens is 504 g/mol. The van der Waals surface area contributed by atoms with E-state index >= 15 is 0 Å². The molecule has 0 spiro atoms. The maximum Gasteiger partial charge on any atom is 0.253 e. The maximum absolute atomic E-state index is 12.9. The zero-order valence-corrected chi connectivity index (χ0v) is 24.6. The molecular formula is C32H46N4O4. The first kappa shape index (κ1) is 32.5. The van der Waals surface area contributed by atoms with Gasteiger partial charge in [0.1, 0.15) is 0 Å². The van der Waals surface area contributed by atoms with Crippen LogP contribution >= 0.6 is 0 Å². The van der Waals surface area contributed by atoms with E-state index in [1.165, 1.54) is 0 Å². The Morgan fingerprint density at radius 3 is 1.25 bits per heavy atom. The zero-order valence-electron chi connectivity index (χ0n) is 24.6. The van der Waals surface area contributed by atoms with Gasteiger partial charge in [-0.05, 0) is 74.9 Å². The summed E-state index contributed by atoms with van der Waals surface area (Å²) in [6, 6.07) is 14.1. The first-order valence-electron chi connectivity index (χ1n) is 14.7. The number of carbonyl (C=O) groups excluding carboxylic acids is 4. The minimum atomic E-state index is -0.154. The maximum atomic E-state index is 12.9. The topological polar surface area (TPSA) is 98.8 Å². The highest BCUT2D eigenvalue weighted by Crippen LogP contribution is 2.16. The van der Waals surface area contributed by atoms with Gasteiger partial charge in [-0.15, -0.1) is 0 Å². The lowest BCUT2D eigenvalue weighted by atomic mass is 10.1. The van der Waals surface area contributed by atoms with E-state index in [9.17, 15) is 19.2 Å². The van der Waals surface area contributed by atoms with Gasteiger partial charge < -0.3 is 20.4 Å². The molecule has 2 rings (SSSR count). The van der Waals surface area contributed by atoms with Crippen LogP contribution in [0.15, 0.2) is 48.5 Å². The van der Waals surface area contributed by atoms with E-state index in [4.69, 9.17) is 0 Å². The summed E-state index contributed by atoms with van der Waals surface area (Å²) in [6.07, 6.45) is 5.23. The Morgan fingerprint density at radius 1 is 0.575 bits per heavy atom. The summed E-state index contributed by atoms with van der Waals surface area (Å²) < 4.78 is 0. The second-order valence-corrected chi connectivity index (χ2v) is 10.0. The molecule has 0 unspecified atom stereocenters. The van der Waals surface area contributed by atoms with E-state index in [0.29, 0.717) is 61.5 Å². The summed E-state index contributed by atoms with van der Waals surface area (Å²) in [5.74, 6) is -0.363. The van der Waals surface area contributed by atoms with Crippen LogP contribution < -0.4 is 10.6 Å². The average molecular weight is 551 g/mol. The van der Waals surface area contributed by atoms with Crippen LogP contribution in [0.2, 0.25) is 0 Å². The standard InChI is InChI=1S/C32H46N4O4/c1-5-19-35(20-6-2)31(39)25-13-11-15-27(23-25)33-29(37)17-9-10-18-30(38)34-28-16-12-14-26(24-28)32(40)36(21-7-3)22-8-4/h11-16,23-24H,5-10,17-22H2,1-4H3,(H,33,37)(H,34,38). The molecule has 0 heterocycles. The highest BCUT2D eigenvalue weighted by Gasteiger charge is 2.16. The molecule has 8 nitrogen and oxygen atoms in total. The third-order valence-electron chi connectivity index (χ3n) is 6.39. The van der Waals surface area contributed by atoms with E-state index in [1.54, 1.807) is 48.5 Å². The molecule has 4 amide bonds. The van der Waals surface area contributed by atoms with E-state index in [2.05, 4.69) is 10.6 Å². The molecule has 0 radical (unpaired) electrons. The second kappa shape index (κ2) is 17.8. The SMILES string of the molecule is CCCN(CCC)C(=O)c1cccc(NC(=O)CCCCC(=O)Nc2cccc(C(=O)N(CCC)CCC)c2)c1. The monoisotopic (exact) mass is 550 g/mol. The molecule has 0 aliphatic heterocycles. The molecule has 0 saturated carbocycles. The van der Waals surface area contributed by atoms with Gasteiger partial charge in [0, 0.05) is 61.5 Å². The molecule has 0 bridgehead atoms. The number of carbonyl (C=O) groups is 4. The lowest BCUT2D eigenvalue weighted by Crippen LogP contribution is -2.32. The molecule has 0 aliphatic rings. The number of unbranched alkanes of at least 4 members (excludes halogenated alkanes) is 1. The highest BCUT2D eigenvalue weighted by molar-refractivity contribution is 5.98. The normalized spacial score (nSPS) is 10.6. The number of hydrogen-bond acceptors (Lipinski definition) is 4. The van der Waals surface area contributed by atoms with Crippen molar-refractivity contribution in [1.82, 2.24) is 9.80 Å². The number of hydrogen-bond donors (Lipinski definition) is 2. The Balaban J connectivity index is 1.81. The first-order chi connectivity index (χ1) is 19.3. The van der Waals surface area contributed by atoms with Crippen molar-refractivity contribution in [3.8, 4) is 0 Å². The Hall–Kier alpha value is -3.68. The van der Waals surface area contributed by atoms with E-state index < -0.39 is 0 Å². The fourth-order valence-electron chi connectivity index (χ4n) is 4.55. The lowest BCUT2D eigenvalue weighted by molar-refractivity contribution is -0.118. The van der Waals surface area contributed by atoms with Gasteiger partial charge in [0.15, 0.2) is 0 Å². The number of amides is 4. The number of rotatable bonds is 17. The Bertz CT molecular complexity index is 1020. The lowest BCUT2D eigenvalue weighted by Gasteiger charge is -2.21. The fraction of sp³-hybridized carbons (Fsp3) is 0.500. The number of anilines is 2. The van der Waals surface area contributed by atoms with Gasteiger partial charge in [-0.2, -0.15) is 0 Å². The third-order valence-corrected chi connectivity index (χ3v) is 6.39. The van der Waals surface area contributed by atoms with E-state index in [-0.39, 0.29) is 36.5 Å². The van der Waals surface area contributed by atoms with Crippen LogP contribution in [0.3, 0.4) is 0 Å². The number of benzene rings is 2. The fourth-order valence-corrected chi connectivity index (χ4v) is 4.55. The molecule has 0 saturated heterocycles. The molecule has 40 heavy (non-hydrogen) atoms. The molecule has 218 valence electrons. The minimum Gasteiger partial charge on any atom is -0.339 e.